The highest BCUT2D eigenvalue weighted by Gasteiger charge is 2.10. The van der Waals surface area contributed by atoms with Crippen molar-refractivity contribution in [3.63, 3.8) is 0 Å². The molecule has 0 aliphatic heterocycles. The maximum atomic E-state index is 12.2. The van der Waals surface area contributed by atoms with E-state index in [1.807, 2.05) is 0 Å². The van der Waals surface area contributed by atoms with Gasteiger partial charge in [0.15, 0.2) is 5.57 Å². The number of ether oxygens (including phenoxy) is 1. The topological polar surface area (TPSA) is 98.1 Å². The number of aromatic nitrogens is 1. The lowest BCUT2D eigenvalue weighted by Crippen LogP contribution is -2.31. The van der Waals surface area contributed by atoms with E-state index in [2.05, 4.69) is 0 Å². The Hall–Kier alpha value is -2.85. The number of hydrogen-bond donors (Lipinski definition) is 1. The summed E-state index contributed by atoms with van der Waals surface area (Å²) in [5, 5.41) is 9.00. The van der Waals surface area contributed by atoms with Gasteiger partial charge >= 0.3 is 0 Å². The number of carbonyl (C=O) groups is 1. The van der Waals surface area contributed by atoms with Crippen molar-refractivity contribution in [3.05, 3.63) is 49.4 Å². The molecule has 1 amide bonds. The van der Waals surface area contributed by atoms with Crippen LogP contribution < -0.4 is 25.2 Å². The average Bonchev–Trinajstić information content (AvgIpc) is 2.77. The van der Waals surface area contributed by atoms with Gasteiger partial charge in [0.05, 0.1) is 11.6 Å². The van der Waals surface area contributed by atoms with E-state index in [1.165, 1.54) is 11.6 Å². The van der Waals surface area contributed by atoms with Crippen LogP contribution in [0.15, 0.2) is 29.1 Å². The third-order valence-electron chi connectivity index (χ3n) is 3.01. The van der Waals surface area contributed by atoms with Crippen molar-refractivity contribution < 1.29 is 9.53 Å². The molecule has 0 saturated carbocycles. The molecule has 0 radical (unpaired) electrons. The van der Waals surface area contributed by atoms with Crippen LogP contribution in [0.4, 0.5) is 0 Å². The number of nitrogens with two attached hydrogens (primary N) is 1. The normalized spacial score (nSPS) is 12.7. The summed E-state index contributed by atoms with van der Waals surface area (Å²) in [4.78, 5) is 23.5. The maximum Gasteiger partial charge on any atom is 0.268 e. The van der Waals surface area contributed by atoms with Crippen molar-refractivity contribution >= 4 is 28.9 Å². The molecule has 0 unspecified atom stereocenters. The van der Waals surface area contributed by atoms with E-state index in [0.717, 1.165) is 16.9 Å². The van der Waals surface area contributed by atoms with E-state index in [1.54, 1.807) is 43.5 Å². The third kappa shape index (κ3) is 2.92. The Morgan fingerprint density at radius 3 is 2.55 bits per heavy atom. The summed E-state index contributed by atoms with van der Waals surface area (Å²) < 4.78 is 6.99. The van der Waals surface area contributed by atoms with Crippen molar-refractivity contribution in [2.45, 2.75) is 0 Å². The first-order valence-corrected chi connectivity index (χ1v) is 7.05. The number of hydrogen-bond acceptors (Lipinski definition) is 5. The summed E-state index contributed by atoms with van der Waals surface area (Å²) in [5.41, 5.74) is 5.46. The number of amides is 1. The van der Waals surface area contributed by atoms with E-state index in [4.69, 9.17) is 15.7 Å². The number of thiazole rings is 1. The van der Waals surface area contributed by atoms with Gasteiger partial charge in [0.2, 0.25) is 0 Å². The Morgan fingerprint density at radius 1 is 1.41 bits per heavy atom. The number of carbonyl (C=O) groups excluding carboxylic acids is 1. The Kier molecular flexibility index (Phi) is 4.44. The number of nitriles is 1. The van der Waals surface area contributed by atoms with Crippen LogP contribution in [0.2, 0.25) is 0 Å². The lowest BCUT2D eigenvalue weighted by atomic mass is 10.2. The number of methoxy groups -OCH3 is 1. The zero-order valence-corrected chi connectivity index (χ0v) is 12.8. The number of rotatable bonds is 3. The van der Waals surface area contributed by atoms with Gasteiger partial charge in [-0.2, -0.15) is 5.26 Å². The second-order valence-corrected chi connectivity index (χ2v) is 5.43. The minimum absolute atomic E-state index is 0.223. The molecule has 0 saturated heterocycles. The Bertz CT molecular complexity index is 930. The molecule has 1 aromatic carbocycles. The van der Waals surface area contributed by atoms with Gasteiger partial charge in [-0.15, -0.1) is 11.3 Å². The Balaban J connectivity index is 2.68. The molecule has 0 aliphatic carbocycles. The summed E-state index contributed by atoms with van der Waals surface area (Å²) >= 11 is 1.06. The predicted molar refractivity (Wildman–Crippen MR) is 83.6 cm³/mol. The van der Waals surface area contributed by atoms with Crippen LogP contribution in [0.3, 0.4) is 0 Å². The number of benzene rings is 1. The van der Waals surface area contributed by atoms with Crippen LogP contribution >= 0.6 is 11.3 Å². The third-order valence-corrected chi connectivity index (χ3v) is 4.20. The minimum Gasteiger partial charge on any atom is -0.497 e. The van der Waals surface area contributed by atoms with Gasteiger partial charge < -0.3 is 15.0 Å². The van der Waals surface area contributed by atoms with Crippen LogP contribution in [-0.2, 0) is 11.8 Å². The lowest BCUT2D eigenvalue weighted by molar-refractivity contribution is -0.112. The summed E-state index contributed by atoms with van der Waals surface area (Å²) in [7, 11) is 3.07. The average molecular weight is 315 g/mol. The highest BCUT2D eigenvalue weighted by molar-refractivity contribution is 7.07. The lowest BCUT2D eigenvalue weighted by Gasteiger charge is -1.98. The molecule has 7 heteroatoms. The molecule has 0 aliphatic rings. The van der Waals surface area contributed by atoms with E-state index < -0.39 is 5.91 Å². The zero-order valence-electron chi connectivity index (χ0n) is 12.0. The monoisotopic (exact) mass is 315 g/mol. The molecule has 1 aromatic heterocycles. The Labute approximate surface area is 130 Å². The van der Waals surface area contributed by atoms with Crippen LogP contribution in [0, 0.1) is 11.3 Å². The maximum absolute atomic E-state index is 12.2. The summed E-state index contributed by atoms with van der Waals surface area (Å²) in [5.74, 6) is -0.138. The van der Waals surface area contributed by atoms with Crippen LogP contribution in [0.5, 0.6) is 5.75 Å². The van der Waals surface area contributed by atoms with Crippen LogP contribution in [0.1, 0.15) is 5.56 Å². The minimum atomic E-state index is -0.852. The van der Waals surface area contributed by atoms with E-state index in [9.17, 15) is 9.59 Å². The SMILES string of the molecule is COc1ccc(/C=c2/s/c(=C(\C#N)C(N)=O)n(C)c2=O)cc1. The number of primary amides is 1. The van der Waals surface area contributed by atoms with Crippen molar-refractivity contribution in [1.29, 1.82) is 5.26 Å². The molecule has 2 N–H and O–H groups in total. The highest BCUT2D eigenvalue weighted by atomic mass is 32.1. The van der Waals surface area contributed by atoms with Gasteiger partial charge in [-0.3, -0.25) is 9.59 Å². The molecule has 0 spiro atoms. The van der Waals surface area contributed by atoms with E-state index in [0.29, 0.717) is 10.3 Å². The van der Waals surface area contributed by atoms with Gasteiger partial charge in [0, 0.05) is 7.05 Å². The molecule has 0 atom stereocenters. The van der Waals surface area contributed by atoms with Gasteiger partial charge in [0.1, 0.15) is 16.5 Å². The van der Waals surface area contributed by atoms with Gasteiger partial charge in [-0.25, -0.2) is 0 Å². The molecule has 6 nitrogen and oxygen atoms in total. The largest absolute Gasteiger partial charge is 0.497 e. The fourth-order valence-electron chi connectivity index (χ4n) is 1.84. The molecule has 112 valence electrons. The molecule has 22 heavy (non-hydrogen) atoms. The van der Waals surface area contributed by atoms with Crippen molar-refractivity contribution in [2.75, 3.05) is 7.11 Å². The fraction of sp³-hybridized carbons (Fsp3) is 0.133. The summed E-state index contributed by atoms with van der Waals surface area (Å²) in [6.07, 6.45) is 1.69. The smallest absolute Gasteiger partial charge is 0.268 e. The molecule has 0 fully saturated rings. The van der Waals surface area contributed by atoms with Crippen LogP contribution in [0.25, 0.3) is 11.6 Å². The molecular formula is C15H13N3O3S. The second-order valence-electron chi connectivity index (χ2n) is 4.40. The molecule has 1 heterocycles. The first kappa shape index (κ1) is 15.5. The van der Waals surface area contributed by atoms with Crippen molar-refractivity contribution in [1.82, 2.24) is 4.57 Å². The highest BCUT2D eigenvalue weighted by Crippen LogP contribution is 2.11. The predicted octanol–water partition coefficient (Wildman–Crippen LogP) is -0.556. The van der Waals surface area contributed by atoms with E-state index >= 15 is 0 Å². The van der Waals surface area contributed by atoms with Crippen molar-refractivity contribution in [3.8, 4) is 11.8 Å². The van der Waals surface area contributed by atoms with Crippen LogP contribution in [-0.4, -0.2) is 17.6 Å². The first-order chi connectivity index (χ1) is 10.5. The van der Waals surface area contributed by atoms with Gasteiger partial charge in [-0.05, 0) is 23.8 Å². The molecule has 0 bridgehead atoms. The molecule has 2 aromatic rings. The second kappa shape index (κ2) is 6.28. The first-order valence-electron chi connectivity index (χ1n) is 6.23. The summed E-state index contributed by atoms with van der Waals surface area (Å²) in [6, 6.07) is 8.91. The van der Waals surface area contributed by atoms with E-state index in [-0.39, 0.29) is 15.8 Å². The quantitative estimate of drug-likeness (QED) is 0.821. The van der Waals surface area contributed by atoms with Gasteiger partial charge in [0.25, 0.3) is 11.5 Å². The summed E-state index contributed by atoms with van der Waals surface area (Å²) in [6.45, 7) is 0. The standard InChI is InChI=1S/C15H13N3O3S/c1-18-14(20)12(22-15(18)11(8-16)13(17)19)7-9-3-5-10(21-2)6-4-9/h3-7H,1-2H3,(H2,17,19)/b12-7+,15-11+. The molecule has 2 rings (SSSR count). The van der Waals surface area contributed by atoms with Gasteiger partial charge in [-0.1, -0.05) is 12.1 Å². The fourth-order valence-corrected chi connectivity index (χ4v) is 2.94. The Morgan fingerprint density at radius 2 is 2.05 bits per heavy atom. The number of nitrogens with zero attached hydrogens (tertiary/aromatic N) is 2. The zero-order chi connectivity index (χ0) is 16.3. The molecular weight excluding hydrogens is 302 g/mol. The van der Waals surface area contributed by atoms with Crippen molar-refractivity contribution in [2.24, 2.45) is 12.8 Å².